The summed E-state index contributed by atoms with van der Waals surface area (Å²) < 4.78 is 9.51. The lowest BCUT2D eigenvalue weighted by Crippen LogP contribution is -2.25. The third-order valence-corrected chi connectivity index (χ3v) is 5.83. The van der Waals surface area contributed by atoms with Gasteiger partial charge in [0.2, 0.25) is 0 Å². The molecule has 0 aliphatic carbocycles. The first-order chi connectivity index (χ1) is 12.6. The molecule has 132 valence electrons. The van der Waals surface area contributed by atoms with Crippen LogP contribution in [0.25, 0.3) is 10.2 Å². The summed E-state index contributed by atoms with van der Waals surface area (Å²) in [6.07, 6.45) is 1.61. The number of aromatic nitrogens is 1. The van der Waals surface area contributed by atoms with E-state index in [0.717, 1.165) is 25.3 Å². The van der Waals surface area contributed by atoms with E-state index in [9.17, 15) is 4.79 Å². The molecule has 0 atom stereocenters. The van der Waals surface area contributed by atoms with Crippen LogP contribution in [0.4, 0.5) is 0 Å². The largest absolute Gasteiger partial charge is 0.467 e. The Bertz CT molecular complexity index is 1050. The minimum absolute atomic E-state index is 0.104. The Morgan fingerprint density at radius 2 is 2.04 bits per heavy atom. The van der Waals surface area contributed by atoms with Gasteiger partial charge in [0.15, 0.2) is 0 Å². The Morgan fingerprint density at radius 1 is 1.23 bits per heavy atom. The fourth-order valence-electron chi connectivity index (χ4n) is 2.92. The second kappa shape index (κ2) is 7.13. The van der Waals surface area contributed by atoms with Gasteiger partial charge in [0.1, 0.15) is 11.5 Å². The average molecular weight is 429 g/mol. The fraction of sp³-hybridized carbons (Fsp3) is 0.150. The Hall–Kier alpha value is -2.31. The third-order valence-electron chi connectivity index (χ3n) is 4.26. The number of thiophene rings is 1. The average Bonchev–Trinajstić information content (AvgIpc) is 3.32. The van der Waals surface area contributed by atoms with Crippen LogP contribution < -0.4 is 5.32 Å². The molecule has 0 aliphatic rings. The molecule has 0 spiro atoms. The molecule has 1 aromatic carbocycles. The van der Waals surface area contributed by atoms with Crippen molar-refractivity contribution in [1.29, 1.82) is 0 Å². The van der Waals surface area contributed by atoms with Crippen LogP contribution in [0.3, 0.4) is 0 Å². The number of rotatable bonds is 5. The van der Waals surface area contributed by atoms with E-state index >= 15 is 0 Å². The first kappa shape index (κ1) is 17.1. The zero-order valence-corrected chi connectivity index (χ0v) is 16.6. The van der Waals surface area contributed by atoms with Crippen molar-refractivity contribution in [3.8, 4) is 0 Å². The molecule has 3 heterocycles. The van der Waals surface area contributed by atoms with E-state index in [-0.39, 0.29) is 5.91 Å². The maximum atomic E-state index is 12.8. The van der Waals surface area contributed by atoms with Crippen molar-refractivity contribution < 1.29 is 9.21 Å². The van der Waals surface area contributed by atoms with Crippen molar-refractivity contribution in [2.75, 3.05) is 0 Å². The van der Waals surface area contributed by atoms with Gasteiger partial charge in [-0.05, 0) is 52.7 Å². The maximum absolute atomic E-state index is 12.8. The zero-order chi connectivity index (χ0) is 18.1. The third kappa shape index (κ3) is 3.48. The Labute approximate surface area is 163 Å². The molecule has 1 amide bonds. The maximum Gasteiger partial charge on any atom is 0.268 e. The highest BCUT2D eigenvalue weighted by molar-refractivity contribution is 9.11. The lowest BCUT2D eigenvalue weighted by atomic mass is 10.1. The number of furan rings is 1. The van der Waals surface area contributed by atoms with Gasteiger partial charge in [-0.15, -0.1) is 11.3 Å². The summed E-state index contributed by atoms with van der Waals surface area (Å²) in [6, 6.07) is 16.1. The topological polar surface area (TPSA) is 47.2 Å². The molecule has 4 aromatic rings. The monoisotopic (exact) mass is 428 g/mol. The van der Waals surface area contributed by atoms with Crippen LogP contribution in [0.1, 0.15) is 27.4 Å². The van der Waals surface area contributed by atoms with Gasteiger partial charge in [0.05, 0.1) is 26.8 Å². The molecule has 0 fully saturated rings. The zero-order valence-electron chi connectivity index (χ0n) is 14.2. The highest BCUT2D eigenvalue weighted by Crippen LogP contribution is 2.33. The summed E-state index contributed by atoms with van der Waals surface area (Å²) in [4.78, 5) is 12.8. The molecule has 0 unspecified atom stereocenters. The number of hydrogen-bond donors (Lipinski definition) is 1. The minimum atomic E-state index is -0.104. The second-order valence-corrected chi connectivity index (χ2v) is 8.63. The molecule has 0 radical (unpaired) electrons. The molecular weight excluding hydrogens is 412 g/mol. The molecular formula is C20H17BrN2O2S. The van der Waals surface area contributed by atoms with Crippen LogP contribution in [0.5, 0.6) is 0 Å². The van der Waals surface area contributed by atoms with Crippen LogP contribution in [0.2, 0.25) is 0 Å². The summed E-state index contributed by atoms with van der Waals surface area (Å²) in [6.45, 7) is 3.09. The van der Waals surface area contributed by atoms with E-state index in [2.05, 4.69) is 63.1 Å². The van der Waals surface area contributed by atoms with Gasteiger partial charge in [-0.1, -0.05) is 29.8 Å². The molecule has 0 aliphatic heterocycles. The van der Waals surface area contributed by atoms with Gasteiger partial charge in [-0.2, -0.15) is 0 Å². The van der Waals surface area contributed by atoms with Crippen molar-refractivity contribution >= 4 is 43.4 Å². The van der Waals surface area contributed by atoms with Gasteiger partial charge in [-0.3, -0.25) is 4.79 Å². The van der Waals surface area contributed by atoms with E-state index in [4.69, 9.17) is 4.42 Å². The van der Waals surface area contributed by atoms with Crippen LogP contribution in [-0.2, 0) is 13.1 Å². The Balaban J connectivity index is 1.65. The van der Waals surface area contributed by atoms with Gasteiger partial charge in [-0.25, -0.2) is 0 Å². The van der Waals surface area contributed by atoms with E-state index in [0.29, 0.717) is 18.8 Å². The number of nitrogens with one attached hydrogen (secondary N) is 1. The van der Waals surface area contributed by atoms with Gasteiger partial charge >= 0.3 is 0 Å². The van der Waals surface area contributed by atoms with Crippen LogP contribution in [0, 0.1) is 6.92 Å². The molecule has 4 nitrogen and oxygen atoms in total. The number of amides is 1. The van der Waals surface area contributed by atoms with Crippen molar-refractivity contribution in [1.82, 2.24) is 9.88 Å². The summed E-state index contributed by atoms with van der Waals surface area (Å²) in [5.74, 6) is 0.632. The first-order valence-electron chi connectivity index (χ1n) is 8.25. The van der Waals surface area contributed by atoms with E-state index in [1.54, 1.807) is 17.6 Å². The molecule has 6 heteroatoms. The van der Waals surface area contributed by atoms with Crippen molar-refractivity contribution in [2.24, 2.45) is 0 Å². The number of aryl methyl sites for hydroxylation is 1. The highest BCUT2D eigenvalue weighted by atomic mass is 79.9. The standard InChI is InChI=1S/C20H17BrN2O2S/c1-13-4-6-14(7-5-13)12-23-16-10-19(21)26-18(16)9-17(23)20(24)22-11-15-3-2-8-25-15/h2-10H,11-12H2,1H3,(H,22,24). The number of carbonyl (C=O) groups is 1. The Morgan fingerprint density at radius 3 is 2.77 bits per heavy atom. The predicted octanol–water partition coefficient (Wildman–Crippen LogP) is 5.35. The summed E-state index contributed by atoms with van der Waals surface area (Å²) in [5.41, 5.74) is 4.10. The first-order valence-corrected chi connectivity index (χ1v) is 9.86. The molecule has 26 heavy (non-hydrogen) atoms. The molecule has 0 saturated carbocycles. The number of nitrogens with zero attached hydrogens (tertiary/aromatic N) is 1. The SMILES string of the molecule is Cc1ccc(Cn2c(C(=O)NCc3ccco3)cc3sc(Br)cc32)cc1. The smallest absolute Gasteiger partial charge is 0.268 e. The normalized spacial score (nSPS) is 11.2. The Kier molecular flexibility index (Phi) is 4.70. The van der Waals surface area contributed by atoms with E-state index < -0.39 is 0 Å². The minimum Gasteiger partial charge on any atom is -0.467 e. The summed E-state index contributed by atoms with van der Waals surface area (Å²) in [7, 11) is 0. The highest BCUT2D eigenvalue weighted by Gasteiger charge is 2.18. The van der Waals surface area contributed by atoms with Crippen LogP contribution in [0.15, 0.2) is 63.0 Å². The lowest BCUT2D eigenvalue weighted by molar-refractivity contribution is 0.0939. The number of carbonyl (C=O) groups excluding carboxylic acids is 1. The molecule has 1 N–H and O–H groups in total. The number of hydrogen-bond acceptors (Lipinski definition) is 3. The van der Waals surface area contributed by atoms with Crippen molar-refractivity contribution in [3.05, 3.63) is 81.2 Å². The van der Waals surface area contributed by atoms with Crippen molar-refractivity contribution in [3.63, 3.8) is 0 Å². The molecule has 4 rings (SSSR count). The quantitative estimate of drug-likeness (QED) is 0.465. The van der Waals surface area contributed by atoms with Gasteiger partial charge in [0.25, 0.3) is 5.91 Å². The van der Waals surface area contributed by atoms with E-state index in [1.165, 1.54) is 5.56 Å². The number of fused-ring (bicyclic) bond motifs is 1. The number of benzene rings is 1. The molecule has 3 aromatic heterocycles. The van der Waals surface area contributed by atoms with Crippen LogP contribution in [-0.4, -0.2) is 10.5 Å². The van der Waals surface area contributed by atoms with Gasteiger partial charge < -0.3 is 14.3 Å². The number of halogens is 1. The summed E-state index contributed by atoms with van der Waals surface area (Å²) >= 11 is 5.17. The molecule has 0 saturated heterocycles. The summed E-state index contributed by atoms with van der Waals surface area (Å²) in [5, 5.41) is 2.94. The van der Waals surface area contributed by atoms with Crippen LogP contribution >= 0.6 is 27.3 Å². The second-order valence-electron chi connectivity index (χ2n) is 6.16. The van der Waals surface area contributed by atoms with E-state index in [1.807, 2.05) is 18.2 Å². The molecule has 0 bridgehead atoms. The van der Waals surface area contributed by atoms with Gasteiger partial charge in [0, 0.05) is 6.54 Å². The van der Waals surface area contributed by atoms with Crippen molar-refractivity contribution in [2.45, 2.75) is 20.0 Å². The predicted molar refractivity (Wildman–Crippen MR) is 108 cm³/mol. The lowest BCUT2D eigenvalue weighted by Gasteiger charge is -2.11. The fourth-order valence-corrected chi connectivity index (χ4v) is 4.48.